The zero-order chi connectivity index (χ0) is 9.40. The van der Waals surface area contributed by atoms with Crippen molar-refractivity contribution in [3.63, 3.8) is 0 Å². The van der Waals surface area contributed by atoms with E-state index in [0.717, 1.165) is 6.42 Å². The van der Waals surface area contributed by atoms with Gasteiger partial charge in [0.25, 0.3) is 0 Å². The summed E-state index contributed by atoms with van der Waals surface area (Å²) >= 11 is 0. The number of hydrogen-bond acceptors (Lipinski definition) is 0. The van der Waals surface area contributed by atoms with Crippen molar-refractivity contribution < 1.29 is 0 Å². The van der Waals surface area contributed by atoms with Gasteiger partial charge < -0.3 is 0 Å². The molecule has 0 heterocycles. The van der Waals surface area contributed by atoms with Gasteiger partial charge in [0, 0.05) is 0 Å². The monoisotopic (exact) mass is 165 g/mol. The van der Waals surface area contributed by atoms with Gasteiger partial charge >= 0.3 is 0 Å². The summed E-state index contributed by atoms with van der Waals surface area (Å²) in [6.45, 7) is 10.3. The van der Waals surface area contributed by atoms with Crippen LogP contribution in [-0.2, 0) is 0 Å². The summed E-state index contributed by atoms with van der Waals surface area (Å²) in [6, 6.07) is 0. The average Bonchev–Trinajstić information content (AvgIpc) is 2.04. The molecule has 0 heteroatoms. The Bertz CT molecular complexity index is 161. The highest BCUT2D eigenvalue weighted by atomic mass is 14.0. The fraction of sp³-hybridized carbons (Fsp3) is 0.583. The van der Waals surface area contributed by atoms with E-state index in [0.29, 0.717) is 0 Å². The maximum Gasteiger partial charge on any atom is -0.0320 e. The summed E-state index contributed by atoms with van der Waals surface area (Å²) in [7, 11) is 0. The summed E-state index contributed by atoms with van der Waals surface area (Å²) in [4.78, 5) is 0. The van der Waals surface area contributed by atoms with Crippen LogP contribution in [0.25, 0.3) is 0 Å². The Morgan fingerprint density at radius 1 is 1.17 bits per heavy atom. The largest absolute Gasteiger partial charge is 0.0887 e. The van der Waals surface area contributed by atoms with E-state index in [1.165, 1.54) is 30.4 Å². The Morgan fingerprint density at radius 2 is 1.75 bits per heavy atom. The van der Waals surface area contributed by atoms with E-state index in [1.807, 2.05) is 0 Å². The van der Waals surface area contributed by atoms with Crippen molar-refractivity contribution in [1.82, 2.24) is 0 Å². The molecule has 69 valence electrons. The molecule has 0 aromatic carbocycles. The van der Waals surface area contributed by atoms with Gasteiger partial charge in [-0.25, -0.2) is 0 Å². The van der Waals surface area contributed by atoms with E-state index >= 15 is 0 Å². The highest BCUT2D eigenvalue weighted by Gasteiger charge is 1.91. The molecule has 12 heavy (non-hydrogen) atoms. The Labute approximate surface area is 77.4 Å². The van der Waals surface area contributed by atoms with E-state index in [1.54, 1.807) is 0 Å². The van der Waals surface area contributed by atoms with Crippen molar-refractivity contribution >= 4 is 0 Å². The molecule has 0 aliphatic rings. The van der Waals surface area contributed by atoms with E-state index in [4.69, 9.17) is 0 Å². The van der Waals surface area contributed by atoms with Crippen LogP contribution in [0, 0.1) is 6.92 Å². The lowest BCUT2D eigenvalue weighted by Gasteiger charge is -2.01. The van der Waals surface area contributed by atoms with E-state index in [9.17, 15) is 0 Å². The van der Waals surface area contributed by atoms with Crippen LogP contribution in [0.2, 0.25) is 0 Å². The summed E-state index contributed by atoms with van der Waals surface area (Å²) in [5.74, 6) is 0. The molecular formula is C12H21. The molecule has 1 radical (unpaired) electrons. The molecule has 0 nitrogen and oxygen atoms in total. The van der Waals surface area contributed by atoms with Gasteiger partial charge in [-0.05, 0) is 53.4 Å². The Balaban J connectivity index is 3.50. The molecule has 0 aromatic rings. The van der Waals surface area contributed by atoms with Crippen molar-refractivity contribution in [1.29, 1.82) is 0 Å². The van der Waals surface area contributed by atoms with Crippen LogP contribution in [0.4, 0.5) is 0 Å². The van der Waals surface area contributed by atoms with Crippen molar-refractivity contribution in [2.24, 2.45) is 0 Å². The summed E-state index contributed by atoms with van der Waals surface area (Å²) < 4.78 is 0. The maximum atomic E-state index is 3.80. The van der Waals surface area contributed by atoms with Crippen LogP contribution < -0.4 is 0 Å². The second-order valence-corrected chi connectivity index (χ2v) is 3.33. The maximum absolute atomic E-state index is 3.80. The normalized spacial score (nSPS) is 13.7. The van der Waals surface area contributed by atoms with Gasteiger partial charge in [-0.1, -0.05) is 23.3 Å². The van der Waals surface area contributed by atoms with Gasteiger partial charge in [-0.3, -0.25) is 0 Å². The molecule has 0 N–H and O–H groups in total. The Morgan fingerprint density at radius 3 is 2.25 bits per heavy atom. The summed E-state index contributed by atoms with van der Waals surface area (Å²) in [6.07, 6.45) is 9.07. The summed E-state index contributed by atoms with van der Waals surface area (Å²) in [5, 5.41) is 0. The first-order valence-electron chi connectivity index (χ1n) is 4.77. The van der Waals surface area contributed by atoms with Gasteiger partial charge in [-0.15, -0.1) is 0 Å². The minimum absolute atomic E-state index is 0.925. The van der Waals surface area contributed by atoms with E-state index in [2.05, 4.69) is 39.8 Å². The van der Waals surface area contributed by atoms with Crippen LogP contribution in [-0.4, -0.2) is 0 Å². The second kappa shape index (κ2) is 7.15. The molecule has 0 aliphatic heterocycles. The highest BCUT2D eigenvalue weighted by Crippen LogP contribution is 2.11. The minimum Gasteiger partial charge on any atom is -0.0887 e. The molecule has 0 spiro atoms. The van der Waals surface area contributed by atoms with Crippen molar-refractivity contribution in [2.45, 2.75) is 46.5 Å². The molecule has 0 aliphatic carbocycles. The van der Waals surface area contributed by atoms with Gasteiger partial charge in [-0.2, -0.15) is 0 Å². The molecule has 0 aromatic heterocycles. The molecule has 0 saturated carbocycles. The molecule has 0 amide bonds. The van der Waals surface area contributed by atoms with Crippen molar-refractivity contribution in [3.8, 4) is 0 Å². The van der Waals surface area contributed by atoms with Gasteiger partial charge in [0.05, 0.1) is 0 Å². The first kappa shape index (κ1) is 11.5. The molecule has 0 fully saturated rings. The average molecular weight is 165 g/mol. The fourth-order valence-corrected chi connectivity index (χ4v) is 1.14. The minimum atomic E-state index is 0.925. The lowest BCUT2D eigenvalue weighted by Crippen LogP contribution is -1.81. The predicted octanol–water partition coefficient (Wildman–Crippen LogP) is 4.29. The topological polar surface area (TPSA) is 0 Å². The molecule has 0 rings (SSSR count). The Hall–Kier alpha value is -0.520. The van der Waals surface area contributed by atoms with Gasteiger partial charge in [0.15, 0.2) is 0 Å². The van der Waals surface area contributed by atoms with Crippen LogP contribution in [0.3, 0.4) is 0 Å². The van der Waals surface area contributed by atoms with Crippen LogP contribution in [0.1, 0.15) is 46.5 Å². The van der Waals surface area contributed by atoms with Crippen LogP contribution >= 0.6 is 0 Å². The Kier molecular flexibility index (Phi) is 6.84. The predicted molar refractivity (Wildman–Crippen MR) is 57.0 cm³/mol. The van der Waals surface area contributed by atoms with E-state index < -0.39 is 0 Å². The van der Waals surface area contributed by atoms with Crippen molar-refractivity contribution in [3.05, 3.63) is 30.2 Å². The number of rotatable bonds is 5. The lowest BCUT2D eigenvalue weighted by atomic mass is 10.1. The molecule has 0 atom stereocenters. The third-order valence-electron chi connectivity index (χ3n) is 2.13. The zero-order valence-corrected chi connectivity index (χ0v) is 8.69. The first-order valence-corrected chi connectivity index (χ1v) is 4.77. The highest BCUT2D eigenvalue weighted by molar-refractivity contribution is 5.00. The van der Waals surface area contributed by atoms with Crippen LogP contribution in [0.15, 0.2) is 23.3 Å². The van der Waals surface area contributed by atoms with Crippen molar-refractivity contribution in [2.75, 3.05) is 0 Å². The van der Waals surface area contributed by atoms with E-state index in [-0.39, 0.29) is 0 Å². The molecule has 0 saturated heterocycles. The van der Waals surface area contributed by atoms with Gasteiger partial charge in [0.2, 0.25) is 0 Å². The van der Waals surface area contributed by atoms with Gasteiger partial charge in [0.1, 0.15) is 0 Å². The summed E-state index contributed by atoms with van der Waals surface area (Å²) in [5.41, 5.74) is 2.98. The molecule has 0 bridgehead atoms. The molecular weight excluding hydrogens is 144 g/mol. The SMILES string of the molecule is [CH2]CC=C(C)CCCC(C)=CC. The standard InChI is InChI=1S/C12H21/c1-5-8-12(4)10-7-9-11(3)6-2/h6,8H,1,5,7,9-10H2,2-4H3. The fourth-order valence-electron chi connectivity index (χ4n) is 1.14. The third-order valence-corrected chi connectivity index (χ3v) is 2.13. The smallest absolute Gasteiger partial charge is 0.0320 e. The zero-order valence-electron chi connectivity index (χ0n) is 8.69. The quantitative estimate of drug-likeness (QED) is 0.533. The number of hydrogen-bond donors (Lipinski definition) is 0. The molecule has 0 unspecified atom stereocenters. The lowest BCUT2D eigenvalue weighted by molar-refractivity contribution is 0.799. The number of allylic oxidation sites excluding steroid dienone is 4. The third kappa shape index (κ3) is 6.21. The first-order chi connectivity index (χ1) is 5.70. The van der Waals surface area contributed by atoms with Crippen LogP contribution in [0.5, 0.6) is 0 Å². The second-order valence-electron chi connectivity index (χ2n) is 3.33.